The molecule has 1 aliphatic heterocycles. The second-order valence-electron chi connectivity index (χ2n) is 5.36. The number of carbonyl (C=O) groups excluding carboxylic acids is 1. The first kappa shape index (κ1) is 13.3. The number of H-pyrrole nitrogens is 1. The maximum Gasteiger partial charge on any atom is 0.273 e. The van der Waals surface area contributed by atoms with Crippen LogP contribution in [0.5, 0.6) is 5.19 Å². The Morgan fingerprint density at radius 2 is 2.36 bits per heavy atom. The number of benzene rings is 1. The number of nitrogens with one attached hydrogen (secondary N) is 1. The maximum absolute atomic E-state index is 12.6. The van der Waals surface area contributed by atoms with Gasteiger partial charge in [0.05, 0.1) is 6.54 Å². The molecule has 3 heterocycles. The molecular weight excluding hydrogens is 298 g/mol. The van der Waals surface area contributed by atoms with E-state index >= 15 is 0 Å². The van der Waals surface area contributed by atoms with Gasteiger partial charge in [-0.1, -0.05) is 17.4 Å². The summed E-state index contributed by atoms with van der Waals surface area (Å²) in [6.45, 7) is 1.33. The van der Waals surface area contributed by atoms with Gasteiger partial charge in [0.15, 0.2) is 0 Å². The van der Waals surface area contributed by atoms with Crippen molar-refractivity contribution in [1.29, 1.82) is 0 Å². The van der Waals surface area contributed by atoms with Gasteiger partial charge >= 0.3 is 0 Å². The Morgan fingerprint density at radius 3 is 3.23 bits per heavy atom. The molecule has 0 spiro atoms. The molecule has 0 aliphatic carbocycles. The standard InChI is InChI=1S/C16H15N3O2S/c20-15(12-2-1-11-3-5-17-14(11)9-12)19-7-4-13(10-19)21-16-18-6-8-22-16/h1-3,5-6,8-9,13,17H,4,7,10H2. The highest BCUT2D eigenvalue weighted by atomic mass is 32.1. The lowest BCUT2D eigenvalue weighted by molar-refractivity contribution is 0.0772. The number of aromatic amines is 1. The molecule has 4 rings (SSSR count). The van der Waals surface area contributed by atoms with Gasteiger partial charge in [0.2, 0.25) is 0 Å². The van der Waals surface area contributed by atoms with Crippen LogP contribution in [0.4, 0.5) is 0 Å². The van der Waals surface area contributed by atoms with Crippen LogP contribution < -0.4 is 4.74 Å². The summed E-state index contributed by atoms with van der Waals surface area (Å²) in [7, 11) is 0. The number of amides is 1. The fourth-order valence-electron chi connectivity index (χ4n) is 2.78. The van der Waals surface area contributed by atoms with Crippen LogP contribution in [0.2, 0.25) is 0 Å². The van der Waals surface area contributed by atoms with Crippen molar-refractivity contribution in [2.24, 2.45) is 0 Å². The molecule has 1 saturated heterocycles. The van der Waals surface area contributed by atoms with Crippen molar-refractivity contribution in [3.05, 3.63) is 47.6 Å². The molecule has 1 amide bonds. The van der Waals surface area contributed by atoms with Crippen LogP contribution in [0, 0.1) is 0 Å². The number of hydrogen-bond donors (Lipinski definition) is 1. The van der Waals surface area contributed by atoms with Crippen LogP contribution in [-0.2, 0) is 0 Å². The van der Waals surface area contributed by atoms with Crippen molar-refractivity contribution in [2.45, 2.75) is 12.5 Å². The zero-order valence-electron chi connectivity index (χ0n) is 11.9. The van der Waals surface area contributed by atoms with Gasteiger partial charge in [-0.05, 0) is 23.6 Å². The third-order valence-corrected chi connectivity index (χ3v) is 4.57. The summed E-state index contributed by atoms with van der Waals surface area (Å²) in [5.74, 6) is 0.0572. The molecule has 1 fully saturated rings. The molecule has 1 aromatic carbocycles. The lowest BCUT2D eigenvalue weighted by Gasteiger charge is -2.16. The third kappa shape index (κ3) is 2.46. The van der Waals surface area contributed by atoms with Crippen LogP contribution >= 0.6 is 11.3 Å². The van der Waals surface area contributed by atoms with E-state index in [4.69, 9.17) is 4.74 Å². The molecule has 1 N–H and O–H groups in total. The molecular formula is C16H15N3O2S. The second-order valence-corrected chi connectivity index (χ2v) is 6.21. The molecule has 1 aliphatic rings. The fraction of sp³-hybridized carbons (Fsp3) is 0.250. The van der Waals surface area contributed by atoms with E-state index in [0.717, 1.165) is 23.9 Å². The van der Waals surface area contributed by atoms with Crippen molar-refractivity contribution in [2.75, 3.05) is 13.1 Å². The number of carbonyl (C=O) groups is 1. The topological polar surface area (TPSA) is 58.2 Å². The minimum absolute atomic E-state index is 0.0318. The first-order chi connectivity index (χ1) is 10.8. The normalized spacial score (nSPS) is 18.0. The highest BCUT2D eigenvalue weighted by molar-refractivity contribution is 7.11. The smallest absolute Gasteiger partial charge is 0.273 e. The van der Waals surface area contributed by atoms with E-state index < -0.39 is 0 Å². The Hall–Kier alpha value is -2.34. The van der Waals surface area contributed by atoms with Crippen molar-refractivity contribution in [3.8, 4) is 5.19 Å². The highest BCUT2D eigenvalue weighted by Crippen LogP contribution is 2.22. The summed E-state index contributed by atoms with van der Waals surface area (Å²) in [4.78, 5) is 21.7. The zero-order valence-corrected chi connectivity index (χ0v) is 12.7. The van der Waals surface area contributed by atoms with Gasteiger partial charge in [-0.25, -0.2) is 4.98 Å². The van der Waals surface area contributed by atoms with Crippen molar-refractivity contribution in [1.82, 2.24) is 14.9 Å². The quantitative estimate of drug-likeness (QED) is 0.809. The van der Waals surface area contributed by atoms with Gasteiger partial charge in [0.25, 0.3) is 11.1 Å². The third-order valence-electron chi connectivity index (χ3n) is 3.91. The molecule has 6 heteroatoms. The molecule has 0 radical (unpaired) electrons. The van der Waals surface area contributed by atoms with E-state index in [1.165, 1.54) is 11.3 Å². The van der Waals surface area contributed by atoms with Gasteiger partial charge in [-0.3, -0.25) is 4.79 Å². The Kier molecular flexibility index (Phi) is 3.31. The fourth-order valence-corrected chi connectivity index (χ4v) is 3.33. The van der Waals surface area contributed by atoms with Gasteiger partial charge in [0, 0.05) is 41.8 Å². The van der Waals surface area contributed by atoms with Crippen LogP contribution in [0.15, 0.2) is 42.0 Å². The number of nitrogens with zero attached hydrogens (tertiary/aromatic N) is 2. The highest BCUT2D eigenvalue weighted by Gasteiger charge is 2.28. The SMILES string of the molecule is O=C(c1ccc2cc[nH]c2c1)N1CCC(Oc2nccs2)C1. The molecule has 112 valence electrons. The zero-order chi connectivity index (χ0) is 14.9. The number of ether oxygens (including phenoxy) is 1. The minimum atomic E-state index is 0.0318. The van der Waals surface area contributed by atoms with E-state index in [0.29, 0.717) is 17.3 Å². The molecule has 3 aromatic rings. The van der Waals surface area contributed by atoms with Crippen molar-refractivity contribution >= 4 is 28.1 Å². The Balaban J connectivity index is 1.46. The molecule has 0 bridgehead atoms. The number of fused-ring (bicyclic) bond motifs is 1. The summed E-state index contributed by atoms with van der Waals surface area (Å²) < 4.78 is 5.80. The van der Waals surface area contributed by atoms with Crippen molar-refractivity contribution < 1.29 is 9.53 Å². The molecule has 1 unspecified atom stereocenters. The largest absolute Gasteiger partial charge is 0.465 e. The lowest BCUT2D eigenvalue weighted by atomic mass is 10.1. The summed E-state index contributed by atoms with van der Waals surface area (Å²) in [5.41, 5.74) is 1.70. The Bertz CT molecular complexity index is 797. The average molecular weight is 313 g/mol. The predicted octanol–water partition coefficient (Wildman–Crippen LogP) is 2.92. The molecule has 22 heavy (non-hydrogen) atoms. The number of hydrogen-bond acceptors (Lipinski definition) is 4. The van der Waals surface area contributed by atoms with Crippen LogP contribution in [0.3, 0.4) is 0 Å². The van der Waals surface area contributed by atoms with Crippen LogP contribution in [0.1, 0.15) is 16.8 Å². The first-order valence-electron chi connectivity index (χ1n) is 7.22. The van der Waals surface area contributed by atoms with E-state index in [-0.39, 0.29) is 12.0 Å². The number of aromatic nitrogens is 2. The van der Waals surface area contributed by atoms with E-state index in [1.54, 1.807) is 6.20 Å². The first-order valence-corrected chi connectivity index (χ1v) is 8.10. The summed E-state index contributed by atoms with van der Waals surface area (Å²) in [6, 6.07) is 7.76. The molecule has 1 atom stereocenters. The van der Waals surface area contributed by atoms with Crippen molar-refractivity contribution in [3.63, 3.8) is 0 Å². The molecule has 2 aromatic heterocycles. The average Bonchev–Trinajstić information content (AvgIpc) is 3.27. The predicted molar refractivity (Wildman–Crippen MR) is 85.3 cm³/mol. The van der Waals surface area contributed by atoms with E-state index in [1.807, 2.05) is 40.7 Å². The maximum atomic E-state index is 12.6. The lowest BCUT2D eigenvalue weighted by Crippen LogP contribution is -2.30. The van der Waals surface area contributed by atoms with Gasteiger partial charge < -0.3 is 14.6 Å². The van der Waals surface area contributed by atoms with Gasteiger partial charge in [-0.2, -0.15) is 0 Å². The minimum Gasteiger partial charge on any atom is -0.465 e. The van der Waals surface area contributed by atoms with Crippen LogP contribution in [-0.4, -0.2) is 40.0 Å². The summed E-state index contributed by atoms with van der Waals surface area (Å²) in [6.07, 6.45) is 4.48. The van der Waals surface area contributed by atoms with Crippen LogP contribution in [0.25, 0.3) is 10.9 Å². The Labute approximate surface area is 131 Å². The van der Waals surface area contributed by atoms with E-state index in [2.05, 4.69) is 9.97 Å². The summed E-state index contributed by atoms with van der Waals surface area (Å²) >= 11 is 1.48. The second kappa shape index (κ2) is 5.46. The van der Waals surface area contributed by atoms with Gasteiger partial charge in [0.1, 0.15) is 6.10 Å². The number of thiazole rings is 1. The van der Waals surface area contributed by atoms with E-state index in [9.17, 15) is 4.79 Å². The number of rotatable bonds is 3. The Morgan fingerprint density at radius 1 is 1.41 bits per heavy atom. The number of likely N-dealkylation sites (tertiary alicyclic amines) is 1. The van der Waals surface area contributed by atoms with Gasteiger partial charge in [-0.15, -0.1) is 0 Å². The summed E-state index contributed by atoms with van der Waals surface area (Å²) in [5, 5.41) is 3.67. The molecule has 0 saturated carbocycles. The molecule has 5 nitrogen and oxygen atoms in total. The monoisotopic (exact) mass is 313 g/mol.